The number of alkyl halides is 3. The summed E-state index contributed by atoms with van der Waals surface area (Å²) in [6.45, 7) is 0. The van der Waals surface area contributed by atoms with Crippen molar-refractivity contribution in [2.45, 2.75) is 6.18 Å². The van der Waals surface area contributed by atoms with E-state index >= 15 is 0 Å². The van der Waals surface area contributed by atoms with E-state index in [4.69, 9.17) is 5.41 Å². The second-order valence-corrected chi connectivity index (χ2v) is 4.31. The highest BCUT2D eigenvalue weighted by molar-refractivity contribution is 5.90. The minimum Gasteiger partial charge on any atom is -0.355 e. The molecule has 0 saturated heterocycles. The molecule has 6 heteroatoms. The van der Waals surface area contributed by atoms with E-state index in [0.717, 1.165) is 18.3 Å². The summed E-state index contributed by atoms with van der Waals surface area (Å²) in [6.07, 6.45) is -2.74. The summed E-state index contributed by atoms with van der Waals surface area (Å²) in [5.74, 6) is 0. The van der Waals surface area contributed by atoms with Crippen LogP contribution >= 0.6 is 0 Å². The molecule has 2 N–H and O–H groups in total. The molecule has 0 unspecified atom stereocenters. The van der Waals surface area contributed by atoms with Crippen molar-refractivity contribution in [3.63, 3.8) is 0 Å². The van der Waals surface area contributed by atoms with Gasteiger partial charge in [-0.15, -0.1) is 0 Å². The van der Waals surface area contributed by atoms with Crippen LogP contribution in [0.5, 0.6) is 0 Å². The normalized spacial score (nSPS) is 11.0. The number of aldehydes is 1. The molecule has 0 saturated carbocycles. The van der Waals surface area contributed by atoms with E-state index in [0.29, 0.717) is 23.1 Å². The Morgan fingerprint density at radius 3 is 2.48 bits per heavy atom. The topological polar surface area (TPSA) is 53.0 Å². The Bertz CT molecular complexity index is 681. The van der Waals surface area contributed by atoms with Gasteiger partial charge in [-0.25, -0.2) is 0 Å². The average Bonchev–Trinajstić information content (AvgIpc) is 2.47. The van der Waals surface area contributed by atoms with E-state index in [1.165, 1.54) is 24.3 Å². The number of rotatable bonds is 4. The maximum absolute atomic E-state index is 12.6. The van der Waals surface area contributed by atoms with Gasteiger partial charge >= 0.3 is 6.18 Å². The Kier molecular flexibility index (Phi) is 4.07. The average molecular weight is 292 g/mol. The second kappa shape index (κ2) is 5.78. The molecule has 21 heavy (non-hydrogen) atoms. The monoisotopic (exact) mass is 292 g/mol. The van der Waals surface area contributed by atoms with Gasteiger partial charge < -0.3 is 10.7 Å². The predicted molar refractivity (Wildman–Crippen MR) is 74.4 cm³/mol. The zero-order chi connectivity index (χ0) is 15.5. The lowest BCUT2D eigenvalue weighted by Gasteiger charge is -2.12. The molecule has 108 valence electrons. The van der Waals surface area contributed by atoms with Crippen LogP contribution < -0.4 is 5.32 Å². The number of benzene rings is 2. The highest BCUT2D eigenvalue weighted by Gasteiger charge is 2.30. The molecule has 0 amide bonds. The van der Waals surface area contributed by atoms with Crippen LogP contribution in [-0.2, 0) is 6.18 Å². The summed E-state index contributed by atoms with van der Waals surface area (Å²) in [4.78, 5) is 10.7. The molecule has 0 radical (unpaired) electrons. The molecular formula is C15H11F3N2O. The third-order valence-electron chi connectivity index (χ3n) is 2.84. The van der Waals surface area contributed by atoms with Gasteiger partial charge in [0.05, 0.1) is 5.56 Å². The lowest BCUT2D eigenvalue weighted by Crippen LogP contribution is -2.05. The van der Waals surface area contributed by atoms with Gasteiger partial charge in [0.1, 0.15) is 6.29 Å². The molecule has 3 nitrogen and oxygen atoms in total. The maximum atomic E-state index is 12.6. The minimum absolute atomic E-state index is 0.256. The van der Waals surface area contributed by atoms with Crippen LogP contribution in [0, 0.1) is 5.41 Å². The van der Waals surface area contributed by atoms with Gasteiger partial charge in [-0.2, -0.15) is 13.2 Å². The van der Waals surface area contributed by atoms with Crippen molar-refractivity contribution in [1.29, 1.82) is 5.41 Å². The predicted octanol–water partition coefficient (Wildman–Crippen LogP) is 4.26. The number of halogens is 3. The number of hydrogen-bond donors (Lipinski definition) is 2. The maximum Gasteiger partial charge on any atom is 0.416 e. The van der Waals surface area contributed by atoms with Crippen molar-refractivity contribution < 1.29 is 18.0 Å². The number of anilines is 2. The van der Waals surface area contributed by atoms with E-state index in [1.807, 2.05) is 0 Å². The van der Waals surface area contributed by atoms with Crippen molar-refractivity contribution >= 4 is 23.9 Å². The number of hydrogen-bond acceptors (Lipinski definition) is 3. The van der Waals surface area contributed by atoms with Crippen LogP contribution in [0.1, 0.15) is 21.5 Å². The van der Waals surface area contributed by atoms with Crippen LogP contribution in [0.2, 0.25) is 0 Å². The molecule has 0 fully saturated rings. The van der Waals surface area contributed by atoms with Crippen LogP contribution in [0.4, 0.5) is 24.5 Å². The highest BCUT2D eigenvalue weighted by Crippen LogP contribution is 2.31. The Morgan fingerprint density at radius 1 is 1.10 bits per heavy atom. The Balaban J connectivity index is 2.34. The lowest BCUT2D eigenvalue weighted by atomic mass is 10.1. The molecule has 0 aliphatic heterocycles. The fourth-order valence-electron chi connectivity index (χ4n) is 1.82. The summed E-state index contributed by atoms with van der Waals surface area (Å²) >= 11 is 0. The summed E-state index contributed by atoms with van der Waals surface area (Å²) < 4.78 is 37.9. The summed E-state index contributed by atoms with van der Waals surface area (Å²) in [5.41, 5.74) is 0.759. The molecule has 2 aromatic carbocycles. The smallest absolute Gasteiger partial charge is 0.355 e. The van der Waals surface area contributed by atoms with Crippen molar-refractivity contribution in [2.75, 3.05) is 5.32 Å². The molecule has 2 rings (SSSR count). The number of carbonyl (C=O) groups is 1. The summed E-state index contributed by atoms with van der Waals surface area (Å²) in [5, 5.41) is 10.1. The molecule has 0 spiro atoms. The molecular weight excluding hydrogens is 281 g/mol. The van der Waals surface area contributed by atoms with Gasteiger partial charge in [-0.1, -0.05) is 6.07 Å². The molecule has 0 aliphatic carbocycles. The largest absolute Gasteiger partial charge is 0.416 e. The van der Waals surface area contributed by atoms with Gasteiger partial charge in [0, 0.05) is 28.7 Å². The zero-order valence-corrected chi connectivity index (χ0v) is 10.7. The first-order chi connectivity index (χ1) is 9.94. The standard InChI is InChI=1S/C15H11F3N2O/c16-15(17,18)12-2-1-3-13(7-12)20-14-5-4-10(9-21)6-11(14)8-19/h1-9,19-20H. The summed E-state index contributed by atoms with van der Waals surface area (Å²) in [7, 11) is 0. The first-order valence-electron chi connectivity index (χ1n) is 5.98. The van der Waals surface area contributed by atoms with Crippen LogP contribution in [0.15, 0.2) is 42.5 Å². The van der Waals surface area contributed by atoms with Crippen molar-refractivity contribution in [3.8, 4) is 0 Å². The SMILES string of the molecule is N=Cc1cc(C=O)ccc1Nc1cccc(C(F)(F)F)c1. The fourth-order valence-corrected chi connectivity index (χ4v) is 1.82. The van der Waals surface area contributed by atoms with Gasteiger partial charge in [0.25, 0.3) is 0 Å². The van der Waals surface area contributed by atoms with Crippen LogP contribution in [-0.4, -0.2) is 12.5 Å². The van der Waals surface area contributed by atoms with E-state index in [2.05, 4.69) is 5.32 Å². The first-order valence-corrected chi connectivity index (χ1v) is 5.98. The molecule has 0 aliphatic rings. The Labute approximate surface area is 118 Å². The third-order valence-corrected chi connectivity index (χ3v) is 2.84. The second-order valence-electron chi connectivity index (χ2n) is 4.31. The number of nitrogens with one attached hydrogen (secondary N) is 2. The first kappa shape index (κ1) is 14.8. The van der Waals surface area contributed by atoms with Crippen molar-refractivity contribution in [2.24, 2.45) is 0 Å². The molecule has 0 bridgehead atoms. The van der Waals surface area contributed by atoms with Gasteiger partial charge in [-0.3, -0.25) is 4.79 Å². The molecule has 0 aromatic heterocycles. The third kappa shape index (κ3) is 3.47. The Morgan fingerprint density at radius 2 is 1.86 bits per heavy atom. The van der Waals surface area contributed by atoms with Gasteiger partial charge in [0.15, 0.2) is 0 Å². The van der Waals surface area contributed by atoms with Crippen LogP contribution in [0.3, 0.4) is 0 Å². The zero-order valence-electron chi connectivity index (χ0n) is 10.7. The van der Waals surface area contributed by atoms with E-state index in [9.17, 15) is 18.0 Å². The molecule has 0 atom stereocenters. The van der Waals surface area contributed by atoms with Crippen molar-refractivity contribution in [1.82, 2.24) is 0 Å². The van der Waals surface area contributed by atoms with E-state index in [1.54, 1.807) is 6.07 Å². The lowest BCUT2D eigenvalue weighted by molar-refractivity contribution is -0.137. The van der Waals surface area contributed by atoms with Crippen molar-refractivity contribution in [3.05, 3.63) is 59.2 Å². The number of carbonyl (C=O) groups excluding carboxylic acids is 1. The summed E-state index contributed by atoms with van der Waals surface area (Å²) in [6, 6.07) is 9.32. The van der Waals surface area contributed by atoms with Gasteiger partial charge in [0.2, 0.25) is 0 Å². The molecule has 0 heterocycles. The fraction of sp³-hybridized carbons (Fsp3) is 0.0667. The van der Waals surface area contributed by atoms with Crippen LogP contribution in [0.25, 0.3) is 0 Å². The van der Waals surface area contributed by atoms with E-state index < -0.39 is 11.7 Å². The molecule has 2 aromatic rings. The van der Waals surface area contributed by atoms with E-state index in [-0.39, 0.29) is 5.69 Å². The Hall–Kier alpha value is -2.63. The quantitative estimate of drug-likeness (QED) is 0.653. The minimum atomic E-state index is -4.41. The highest BCUT2D eigenvalue weighted by atomic mass is 19.4. The van der Waals surface area contributed by atoms with Gasteiger partial charge in [-0.05, 0) is 36.4 Å².